The van der Waals surface area contributed by atoms with Crippen molar-refractivity contribution in [3.8, 4) is 11.3 Å². The lowest BCUT2D eigenvalue weighted by molar-refractivity contribution is -0.0258. The second-order valence-electron chi connectivity index (χ2n) is 7.35. The minimum Gasteiger partial charge on any atom is -0.334 e. The molecule has 31 heavy (non-hydrogen) atoms. The summed E-state index contributed by atoms with van der Waals surface area (Å²) in [5, 5.41) is 2.84. The van der Waals surface area contributed by atoms with E-state index in [2.05, 4.69) is 16.1 Å². The standard InChI is InChI=1S/C22H24N4O4S/c1-25(30-2)31(28,29)19-10-6-8-17(14-19)22(27)23-18-9-5-7-16(13-18)20-15-26-12-4-3-11-21(26)24-20/h5-10,13-15H,3-4,11-12H2,1-2H3,(H,23,27). The Morgan fingerprint density at radius 3 is 2.74 bits per heavy atom. The molecular formula is C22H24N4O4S. The van der Waals surface area contributed by atoms with Gasteiger partial charge in [0.2, 0.25) is 0 Å². The number of anilines is 1. The summed E-state index contributed by atoms with van der Waals surface area (Å²) in [6, 6.07) is 13.3. The molecule has 0 fully saturated rings. The second-order valence-corrected chi connectivity index (χ2v) is 9.29. The van der Waals surface area contributed by atoms with Crippen molar-refractivity contribution < 1.29 is 18.0 Å². The number of carbonyl (C=O) groups excluding carboxylic acids is 1. The van der Waals surface area contributed by atoms with Gasteiger partial charge in [-0.25, -0.2) is 13.4 Å². The third-order valence-corrected chi connectivity index (χ3v) is 6.99. The zero-order valence-electron chi connectivity index (χ0n) is 17.4. The summed E-state index contributed by atoms with van der Waals surface area (Å²) in [4.78, 5) is 22.3. The van der Waals surface area contributed by atoms with Crippen LogP contribution in [0.25, 0.3) is 11.3 Å². The summed E-state index contributed by atoms with van der Waals surface area (Å²) < 4.78 is 27.8. The summed E-state index contributed by atoms with van der Waals surface area (Å²) in [6.45, 7) is 0.982. The van der Waals surface area contributed by atoms with Crippen LogP contribution in [0.2, 0.25) is 0 Å². The number of sulfonamides is 1. The fourth-order valence-corrected chi connectivity index (χ4v) is 4.58. The third-order valence-electron chi connectivity index (χ3n) is 5.31. The van der Waals surface area contributed by atoms with Crippen LogP contribution >= 0.6 is 0 Å². The third kappa shape index (κ3) is 4.39. The van der Waals surface area contributed by atoms with Crippen LogP contribution < -0.4 is 5.32 Å². The van der Waals surface area contributed by atoms with Crippen molar-refractivity contribution in [2.24, 2.45) is 0 Å². The van der Waals surface area contributed by atoms with Gasteiger partial charge in [0.05, 0.1) is 17.7 Å². The Hall–Kier alpha value is -3.01. The number of amides is 1. The molecule has 1 amide bonds. The second kappa shape index (κ2) is 8.62. The van der Waals surface area contributed by atoms with Gasteiger partial charge >= 0.3 is 0 Å². The van der Waals surface area contributed by atoms with Gasteiger partial charge in [0.15, 0.2) is 0 Å². The van der Waals surface area contributed by atoms with Gasteiger partial charge in [-0.3, -0.25) is 9.63 Å². The number of imidazole rings is 1. The van der Waals surface area contributed by atoms with Crippen LogP contribution in [-0.2, 0) is 27.8 Å². The highest BCUT2D eigenvalue weighted by Gasteiger charge is 2.22. The lowest BCUT2D eigenvalue weighted by Gasteiger charge is -2.14. The smallest absolute Gasteiger partial charge is 0.264 e. The van der Waals surface area contributed by atoms with E-state index in [1.807, 2.05) is 18.2 Å². The minimum atomic E-state index is -3.84. The highest BCUT2D eigenvalue weighted by Crippen LogP contribution is 2.25. The van der Waals surface area contributed by atoms with Gasteiger partial charge in [-0.1, -0.05) is 22.7 Å². The molecule has 9 heteroatoms. The number of benzene rings is 2. The highest BCUT2D eigenvalue weighted by atomic mass is 32.2. The average molecular weight is 441 g/mol. The van der Waals surface area contributed by atoms with Crippen molar-refractivity contribution in [2.75, 3.05) is 19.5 Å². The number of nitrogens with one attached hydrogen (secondary N) is 1. The van der Waals surface area contributed by atoms with Crippen LogP contribution in [0.3, 0.4) is 0 Å². The predicted molar refractivity (Wildman–Crippen MR) is 117 cm³/mol. The Balaban J connectivity index is 1.55. The summed E-state index contributed by atoms with van der Waals surface area (Å²) in [7, 11) is -1.29. The van der Waals surface area contributed by atoms with E-state index in [4.69, 9.17) is 9.82 Å². The van der Waals surface area contributed by atoms with E-state index in [1.165, 1.54) is 32.4 Å². The van der Waals surface area contributed by atoms with Crippen molar-refractivity contribution in [3.05, 3.63) is 66.1 Å². The Bertz CT molecular complexity index is 1200. The summed E-state index contributed by atoms with van der Waals surface area (Å²) in [5.41, 5.74) is 2.63. The van der Waals surface area contributed by atoms with Gasteiger partial charge in [-0.05, 0) is 43.2 Å². The number of fused-ring (bicyclic) bond motifs is 1. The first-order valence-electron chi connectivity index (χ1n) is 9.99. The molecule has 0 aliphatic carbocycles. The van der Waals surface area contributed by atoms with Crippen LogP contribution in [0, 0.1) is 0 Å². The van der Waals surface area contributed by atoms with Crippen molar-refractivity contribution in [1.29, 1.82) is 0 Å². The van der Waals surface area contributed by atoms with Gasteiger partial charge in [0, 0.05) is 43.0 Å². The first-order chi connectivity index (χ1) is 14.9. The number of nitrogens with zero attached hydrogens (tertiary/aromatic N) is 3. The number of hydrogen-bond acceptors (Lipinski definition) is 5. The lowest BCUT2D eigenvalue weighted by Crippen LogP contribution is -2.26. The van der Waals surface area contributed by atoms with Crippen LogP contribution in [0.1, 0.15) is 29.0 Å². The summed E-state index contributed by atoms with van der Waals surface area (Å²) in [5.74, 6) is 0.688. The molecular weight excluding hydrogens is 416 g/mol. The van der Waals surface area contributed by atoms with Crippen LogP contribution in [0.5, 0.6) is 0 Å². The van der Waals surface area contributed by atoms with Gasteiger partial charge in [-0.2, -0.15) is 0 Å². The van der Waals surface area contributed by atoms with Gasteiger partial charge < -0.3 is 9.88 Å². The largest absolute Gasteiger partial charge is 0.334 e. The maximum atomic E-state index is 12.8. The fraction of sp³-hybridized carbons (Fsp3) is 0.273. The molecule has 0 atom stereocenters. The normalized spacial score (nSPS) is 13.8. The first kappa shape index (κ1) is 21.2. The number of rotatable bonds is 6. The molecule has 1 aliphatic rings. The molecule has 0 saturated carbocycles. The molecule has 1 aromatic heterocycles. The molecule has 2 aromatic carbocycles. The van der Waals surface area contributed by atoms with Crippen molar-refractivity contribution in [1.82, 2.24) is 14.0 Å². The molecule has 3 aromatic rings. The number of carbonyl (C=O) groups is 1. The monoisotopic (exact) mass is 440 g/mol. The van der Waals surface area contributed by atoms with E-state index in [9.17, 15) is 13.2 Å². The molecule has 0 spiro atoms. The number of hydroxylamine groups is 1. The van der Waals surface area contributed by atoms with Gasteiger partial charge in [0.1, 0.15) is 5.82 Å². The SMILES string of the molecule is CON(C)S(=O)(=O)c1cccc(C(=O)Nc2cccc(-c3cn4c(n3)CCCC4)c2)c1. The average Bonchev–Trinajstić information content (AvgIpc) is 3.23. The summed E-state index contributed by atoms with van der Waals surface area (Å²) in [6.07, 6.45) is 5.35. The Morgan fingerprint density at radius 1 is 1.16 bits per heavy atom. The van der Waals surface area contributed by atoms with Crippen LogP contribution in [0.15, 0.2) is 59.6 Å². The van der Waals surface area contributed by atoms with Crippen LogP contribution in [0.4, 0.5) is 5.69 Å². The Labute approximate surface area is 181 Å². The molecule has 162 valence electrons. The zero-order valence-corrected chi connectivity index (χ0v) is 18.2. The quantitative estimate of drug-likeness (QED) is 0.594. The molecule has 2 heterocycles. The molecule has 4 rings (SSSR count). The molecule has 8 nitrogen and oxygen atoms in total. The summed E-state index contributed by atoms with van der Waals surface area (Å²) >= 11 is 0. The predicted octanol–water partition coefficient (Wildman–Crippen LogP) is 3.32. The number of hydrogen-bond donors (Lipinski definition) is 1. The molecule has 0 saturated heterocycles. The Morgan fingerprint density at radius 2 is 1.97 bits per heavy atom. The number of aryl methyl sites for hydroxylation is 2. The maximum absolute atomic E-state index is 12.8. The fourth-order valence-electron chi connectivity index (χ4n) is 3.56. The van der Waals surface area contributed by atoms with E-state index in [1.54, 1.807) is 12.1 Å². The van der Waals surface area contributed by atoms with Gasteiger partial charge in [-0.15, -0.1) is 0 Å². The molecule has 0 bridgehead atoms. The van der Waals surface area contributed by atoms with E-state index in [-0.39, 0.29) is 10.5 Å². The van der Waals surface area contributed by atoms with Crippen molar-refractivity contribution in [3.63, 3.8) is 0 Å². The van der Waals surface area contributed by atoms with Crippen molar-refractivity contribution in [2.45, 2.75) is 30.7 Å². The molecule has 1 N–H and O–H groups in total. The number of aromatic nitrogens is 2. The van der Waals surface area contributed by atoms with E-state index < -0.39 is 15.9 Å². The molecule has 0 radical (unpaired) electrons. The van der Waals surface area contributed by atoms with Gasteiger partial charge in [0.25, 0.3) is 15.9 Å². The van der Waals surface area contributed by atoms with Crippen LogP contribution in [-0.4, -0.2) is 42.5 Å². The van der Waals surface area contributed by atoms with E-state index in [0.717, 1.165) is 47.4 Å². The Kier molecular flexibility index (Phi) is 5.90. The maximum Gasteiger partial charge on any atom is 0.264 e. The van der Waals surface area contributed by atoms with E-state index in [0.29, 0.717) is 5.69 Å². The highest BCUT2D eigenvalue weighted by molar-refractivity contribution is 7.89. The topological polar surface area (TPSA) is 93.5 Å². The van der Waals surface area contributed by atoms with Crippen molar-refractivity contribution >= 4 is 21.6 Å². The first-order valence-corrected chi connectivity index (χ1v) is 11.4. The molecule has 0 unspecified atom stereocenters. The minimum absolute atomic E-state index is 0.0261. The zero-order chi connectivity index (χ0) is 22.0. The lowest BCUT2D eigenvalue weighted by atomic mass is 10.1. The molecule has 1 aliphatic heterocycles. The van der Waals surface area contributed by atoms with E-state index >= 15 is 0 Å².